The first-order valence-corrected chi connectivity index (χ1v) is 4.61. The minimum absolute atomic E-state index is 0.131. The van der Waals surface area contributed by atoms with Gasteiger partial charge in [0.1, 0.15) is 0 Å². The van der Waals surface area contributed by atoms with Gasteiger partial charge in [0.25, 0.3) is 0 Å². The summed E-state index contributed by atoms with van der Waals surface area (Å²) in [6.45, 7) is 3.52. The predicted molar refractivity (Wildman–Crippen MR) is 55.1 cm³/mol. The summed E-state index contributed by atoms with van der Waals surface area (Å²) in [6.07, 6.45) is 0. The first kappa shape index (κ1) is 10.7. The first-order valence-electron chi connectivity index (χ1n) is 4.61. The Morgan fingerprint density at radius 3 is 2.21 bits per heavy atom. The van der Waals surface area contributed by atoms with E-state index in [2.05, 4.69) is 0 Å². The average molecular weight is 193 g/mol. The lowest BCUT2D eigenvalue weighted by molar-refractivity contribution is -0.138. The van der Waals surface area contributed by atoms with Gasteiger partial charge in [0.05, 0.1) is 5.92 Å². The van der Waals surface area contributed by atoms with Crippen molar-refractivity contribution in [2.24, 2.45) is 5.73 Å². The lowest BCUT2D eigenvalue weighted by Crippen LogP contribution is -2.14. The van der Waals surface area contributed by atoms with Crippen LogP contribution >= 0.6 is 0 Å². The maximum Gasteiger partial charge on any atom is 0.310 e. The summed E-state index contributed by atoms with van der Waals surface area (Å²) in [5.74, 6) is -1.32. The molecule has 76 valence electrons. The molecule has 2 atom stereocenters. The average Bonchev–Trinajstić information content (AvgIpc) is 2.16. The van der Waals surface area contributed by atoms with Gasteiger partial charge in [0, 0.05) is 6.04 Å². The van der Waals surface area contributed by atoms with E-state index in [-0.39, 0.29) is 6.04 Å². The second kappa shape index (κ2) is 4.24. The summed E-state index contributed by atoms with van der Waals surface area (Å²) in [7, 11) is 0. The van der Waals surface area contributed by atoms with Crippen LogP contribution in [0.4, 0.5) is 0 Å². The summed E-state index contributed by atoms with van der Waals surface area (Å²) < 4.78 is 0. The van der Waals surface area contributed by atoms with E-state index in [1.807, 2.05) is 31.2 Å². The summed E-state index contributed by atoms with van der Waals surface area (Å²) in [5.41, 5.74) is 7.47. The van der Waals surface area contributed by atoms with Gasteiger partial charge in [-0.2, -0.15) is 0 Å². The molecule has 0 heterocycles. The molecule has 0 spiro atoms. The lowest BCUT2D eigenvalue weighted by atomic mass is 9.93. The summed E-state index contributed by atoms with van der Waals surface area (Å²) in [4.78, 5) is 10.8. The molecular weight excluding hydrogens is 178 g/mol. The van der Waals surface area contributed by atoms with Gasteiger partial charge < -0.3 is 10.8 Å². The molecular formula is C11H15NO2. The number of benzene rings is 1. The highest BCUT2D eigenvalue weighted by Gasteiger charge is 2.17. The van der Waals surface area contributed by atoms with E-state index < -0.39 is 11.9 Å². The van der Waals surface area contributed by atoms with Crippen molar-refractivity contribution in [2.75, 3.05) is 0 Å². The third kappa shape index (κ3) is 2.12. The van der Waals surface area contributed by atoms with E-state index in [1.54, 1.807) is 6.92 Å². The van der Waals surface area contributed by atoms with E-state index in [4.69, 9.17) is 10.8 Å². The molecule has 2 unspecified atom stereocenters. The Morgan fingerprint density at radius 1 is 1.29 bits per heavy atom. The van der Waals surface area contributed by atoms with Crippen molar-refractivity contribution in [1.29, 1.82) is 0 Å². The molecule has 0 amide bonds. The number of carboxylic acid groups (broad SMARTS) is 1. The molecule has 0 saturated heterocycles. The topological polar surface area (TPSA) is 63.3 Å². The van der Waals surface area contributed by atoms with Gasteiger partial charge in [-0.25, -0.2) is 0 Å². The second-order valence-corrected chi connectivity index (χ2v) is 3.48. The Balaban J connectivity index is 3.13. The van der Waals surface area contributed by atoms with Crippen LogP contribution in [-0.4, -0.2) is 11.1 Å². The van der Waals surface area contributed by atoms with Crippen LogP contribution in [0, 0.1) is 0 Å². The van der Waals surface area contributed by atoms with E-state index in [1.165, 1.54) is 0 Å². The van der Waals surface area contributed by atoms with Crippen molar-refractivity contribution in [3.8, 4) is 0 Å². The summed E-state index contributed by atoms with van der Waals surface area (Å²) >= 11 is 0. The Labute approximate surface area is 83.6 Å². The van der Waals surface area contributed by atoms with Crippen LogP contribution < -0.4 is 5.73 Å². The molecule has 0 aromatic heterocycles. The molecule has 1 rings (SSSR count). The molecule has 0 bridgehead atoms. The van der Waals surface area contributed by atoms with Crippen LogP contribution in [0.15, 0.2) is 24.3 Å². The van der Waals surface area contributed by atoms with Crippen LogP contribution in [0.5, 0.6) is 0 Å². The summed E-state index contributed by atoms with van der Waals surface area (Å²) in [6, 6.07) is 7.27. The number of carboxylic acids is 1. The number of rotatable bonds is 3. The fourth-order valence-electron chi connectivity index (χ4n) is 1.45. The van der Waals surface area contributed by atoms with Crippen molar-refractivity contribution in [3.63, 3.8) is 0 Å². The van der Waals surface area contributed by atoms with Crippen molar-refractivity contribution in [1.82, 2.24) is 0 Å². The van der Waals surface area contributed by atoms with Gasteiger partial charge in [-0.15, -0.1) is 0 Å². The highest BCUT2D eigenvalue weighted by molar-refractivity contribution is 5.76. The predicted octanol–water partition coefficient (Wildman–Crippen LogP) is 1.89. The van der Waals surface area contributed by atoms with Crippen molar-refractivity contribution in [3.05, 3.63) is 35.4 Å². The summed E-state index contributed by atoms with van der Waals surface area (Å²) in [5, 5.41) is 8.90. The SMILES string of the molecule is CC(N)c1ccccc1C(C)C(=O)O. The molecule has 1 aromatic rings. The fourth-order valence-corrected chi connectivity index (χ4v) is 1.45. The van der Waals surface area contributed by atoms with E-state index in [0.29, 0.717) is 0 Å². The minimum Gasteiger partial charge on any atom is -0.481 e. The second-order valence-electron chi connectivity index (χ2n) is 3.48. The third-order valence-corrected chi connectivity index (χ3v) is 2.32. The zero-order valence-corrected chi connectivity index (χ0v) is 8.40. The molecule has 0 fully saturated rings. The van der Waals surface area contributed by atoms with Gasteiger partial charge in [0.15, 0.2) is 0 Å². The third-order valence-electron chi connectivity index (χ3n) is 2.32. The number of aliphatic carboxylic acids is 1. The van der Waals surface area contributed by atoms with Gasteiger partial charge in [0.2, 0.25) is 0 Å². The number of carbonyl (C=O) groups is 1. The first-order chi connectivity index (χ1) is 6.54. The Kier molecular flexibility index (Phi) is 3.25. The van der Waals surface area contributed by atoms with Crippen LogP contribution in [0.25, 0.3) is 0 Å². The molecule has 0 radical (unpaired) electrons. The smallest absolute Gasteiger partial charge is 0.310 e. The molecule has 3 heteroatoms. The van der Waals surface area contributed by atoms with Crippen molar-refractivity contribution >= 4 is 5.97 Å². The fraction of sp³-hybridized carbons (Fsp3) is 0.364. The monoisotopic (exact) mass is 193 g/mol. The van der Waals surface area contributed by atoms with Gasteiger partial charge >= 0.3 is 5.97 Å². The molecule has 3 N–H and O–H groups in total. The number of hydrogen-bond donors (Lipinski definition) is 2. The van der Waals surface area contributed by atoms with Crippen LogP contribution in [0.2, 0.25) is 0 Å². The van der Waals surface area contributed by atoms with E-state index in [0.717, 1.165) is 11.1 Å². The molecule has 3 nitrogen and oxygen atoms in total. The number of hydrogen-bond acceptors (Lipinski definition) is 2. The number of nitrogens with two attached hydrogens (primary N) is 1. The zero-order chi connectivity index (χ0) is 10.7. The molecule has 1 aromatic carbocycles. The molecule has 0 aliphatic heterocycles. The molecule has 0 aliphatic rings. The Morgan fingerprint density at radius 2 is 1.79 bits per heavy atom. The highest BCUT2D eigenvalue weighted by Crippen LogP contribution is 2.23. The maximum atomic E-state index is 10.8. The Hall–Kier alpha value is -1.35. The lowest BCUT2D eigenvalue weighted by Gasteiger charge is -2.15. The maximum absolute atomic E-state index is 10.8. The van der Waals surface area contributed by atoms with Gasteiger partial charge in [-0.1, -0.05) is 24.3 Å². The van der Waals surface area contributed by atoms with Crippen LogP contribution in [0.1, 0.15) is 36.9 Å². The molecule has 14 heavy (non-hydrogen) atoms. The molecule has 0 aliphatic carbocycles. The molecule has 0 saturated carbocycles. The quantitative estimate of drug-likeness (QED) is 0.770. The van der Waals surface area contributed by atoms with Crippen molar-refractivity contribution < 1.29 is 9.90 Å². The normalized spacial score (nSPS) is 14.8. The van der Waals surface area contributed by atoms with Gasteiger partial charge in [-0.3, -0.25) is 4.79 Å². The van der Waals surface area contributed by atoms with Crippen molar-refractivity contribution in [2.45, 2.75) is 25.8 Å². The van der Waals surface area contributed by atoms with Crippen LogP contribution in [0.3, 0.4) is 0 Å². The largest absolute Gasteiger partial charge is 0.481 e. The highest BCUT2D eigenvalue weighted by atomic mass is 16.4. The Bertz CT molecular complexity index is 334. The standard InChI is InChI=1S/C11H15NO2/c1-7(11(13)14)9-5-3-4-6-10(9)8(2)12/h3-8H,12H2,1-2H3,(H,13,14). The van der Waals surface area contributed by atoms with Crippen LogP contribution in [-0.2, 0) is 4.79 Å². The van der Waals surface area contributed by atoms with Gasteiger partial charge in [-0.05, 0) is 25.0 Å². The van der Waals surface area contributed by atoms with E-state index >= 15 is 0 Å². The van der Waals surface area contributed by atoms with E-state index in [9.17, 15) is 4.79 Å². The zero-order valence-electron chi connectivity index (χ0n) is 8.40. The minimum atomic E-state index is -0.821.